The van der Waals surface area contributed by atoms with Crippen LogP contribution in [-0.2, 0) is 6.54 Å². The molecule has 0 fully saturated rings. The molecule has 0 unspecified atom stereocenters. The summed E-state index contributed by atoms with van der Waals surface area (Å²) < 4.78 is 5.44. The number of hydrogen-bond acceptors (Lipinski definition) is 4. The fraction of sp³-hybridized carbons (Fsp3) is 0.333. The molecule has 4 nitrogen and oxygen atoms in total. The Bertz CT molecular complexity index is 609. The first-order valence-electron chi connectivity index (χ1n) is 6.25. The highest BCUT2D eigenvalue weighted by molar-refractivity contribution is 5.70. The topological polar surface area (TPSA) is 61.0 Å². The Morgan fingerprint density at radius 3 is 2.42 bits per heavy atom. The molecule has 0 bridgehead atoms. The summed E-state index contributed by atoms with van der Waals surface area (Å²) in [6.45, 7) is 6.55. The van der Waals surface area contributed by atoms with Gasteiger partial charge in [-0.15, -0.1) is 0 Å². The maximum Gasteiger partial charge on any atom is 0.124 e. The molecule has 0 aliphatic rings. The summed E-state index contributed by atoms with van der Waals surface area (Å²) in [5.74, 6) is 0.930. The van der Waals surface area contributed by atoms with Gasteiger partial charge in [0.2, 0.25) is 0 Å². The van der Waals surface area contributed by atoms with Crippen LogP contribution in [0.4, 0.5) is 0 Å². The van der Waals surface area contributed by atoms with Crippen molar-refractivity contribution in [1.82, 2.24) is 9.97 Å². The number of rotatable bonds is 3. The molecule has 0 saturated heterocycles. The maximum absolute atomic E-state index is 5.74. The van der Waals surface area contributed by atoms with Crippen molar-refractivity contribution in [2.45, 2.75) is 27.3 Å². The second-order valence-corrected chi connectivity index (χ2v) is 4.58. The Morgan fingerprint density at radius 1 is 1.11 bits per heavy atom. The molecule has 4 heteroatoms. The average Bonchev–Trinajstić information content (AvgIpc) is 2.43. The first-order chi connectivity index (χ1) is 9.10. The number of nitrogens with zero attached hydrogens (tertiary/aromatic N) is 2. The maximum atomic E-state index is 5.74. The minimum Gasteiger partial charge on any atom is -0.496 e. The number of nitrogens with two attached hydrogens (primary N) is 1. The summed E-state index contributed by atoms with van der Waals surface area (Å²) in [5, 5.41) is 0. The first kappa shape index (κ1) is 13.5. The number of methoxy groups -OCH3 is 1. The Hall–Kier alpha value is -1.94. The van der Waals surface area contributed by atoms with Crippen LogP contribution in [-0.4, -0.2) is 17.1 Å². The summed E-state index contributed by atoms with van der Waals surface area (Å²) in [6, 6.07) is 2.09. The highest BCUT2D eigenvalue weighted by Gasteiger charge is 2.15. The van der Waals surface area contributed by atoms with E-state index in [-0.39, 0.29) is 0 Å². The molecule has 1 aromatic heterocycles. The Labute approximate surface area is 113 Å². The van der Waals surface area contributed by atoms with Crippen LogP contribution in [0.3, 0.4) is 0 Å². The van der Waals surface area contributed by atoms with Crippen LogP contribution < -0.4 is 10.5 Å². The van der Waals surface area contributed by atoms with Crippen LogP contribution in [0, 0.1) is 20.8 Å². The van der Waals surface area contributed by atoms with Crippen LogP contribution in [0.15, 0.2) is 18.5 Å². The van der Waals surface area contributed by atoms with Gasteiger partial charge in [0.05, 0.1) is 18.5 Å². The van der Waals surface area contributed by atoms with Crippen molar-refractivity contribution in [3.8, 4) is 17.0 Å². The fourth-order valence-electron chi connectivity index (χ4n) is 2.36. The molecule has 0 aliphatic heterocycles. The predicted molar refractivity (Wildman–Crippen MR) is 76.1 cm³/mol. The lowest BCUT2D eigenvalue weighted by molar-refractivity contribution is 0.408. The average molecular weight is 257 g/mol. The Balaban J connectivity index is 2.70. The lowest BCUT2D eigenvalue weighted by Gasteiger charge is -2.16. The minimum absolute atomic E-state index is 0.382. The Morgan fingerprint density at radius 2 is 1.79 bits per heavy atom. The predicted octanol–water partition coefficient (Wildman–Crippen LogP) is 2.54. The van der Waals surface area contributed by atoms with Gasteiger partial charge < -0.3 is 10.5 Å². The quantitative estimate of drug-likeness (QED) is 0.918. The van der Waals surface area contributed by atoms with E-state index in [0.29, 0.717) is 6.54 Å². The number of hydrogen-bond donors (Lipinski definition) is 1. The second-order valence-electron chi connectivity index (χ2n) is 4.58. The van der Waals surface area contributed by atoms with Crippen molar-refractivity contribution in [3.63, 3.8) is 0 Å². The van der Waals surface area contributed by atoms with E-state index in [9.17, 15) is 0 Å². The largest absolute Gasteiger partial charge is 0.496 e. The highest BCUT2D eigenvalue weighted by Crippen LogP contribution is 2.34. The van der Waals surface area contributed by atoms with Crippen molar-refractivity contribution in [2.24, 2.45) is 5.73 Å². The standard InChI is InChI=1S/C15H19N3O/c1-9-7-12(10(2)11(3)15(9)19-4)14-13(8-16)17-5-6-18-14/h5-7H,8,16H2,1-4H3. The molecule has 1 aromatic carbocycles. The van der Waals surface area contributed by atoms with Crippen molar-refractivity contribution < 1.29 is 4.74 Å². The summed E-state index contributed by atoms with van der Waals surface area (Å²) in [4.78, 5) is 8.73. The second kappa shape index (κ2) is 5.36. The highest BCUT2D eigenvalue weighted by atomic mass is 16.5. The van der Waals surface area contributed by atoms with Crippen molar-refractivity contribution in [1.29, 1.82) is 0 Å². The smallest absolute Gasteiger partial charge is 0.124 e. The van der Waals surface area contributed by atoms with Gasteiger partial charge >= 0.3 is 0 Å². The van der Waals surface area contributed by atoms with E-state index in [2.05, 4.69) is 29.9 Å². The Kier molecular flexibility index (Phi) is 3.81. The van der Waals surface area contributed by atoms with E-state index in [4.69, 9.17) is 10.5 Å². The van der Waals surface area contributed by atoms with E-state index in [1.165, 1.54) is 0 Å². The van der Waals surface area contributed by atoms with E-state index in [1.807, 2.05) is 6.92 Å². The van der Waals surface area contributed by atoms with Crippen LogP contribution in [0.1, 0.15) is 22.4 Å². The molecule has 19 heavy (non-hydrogen) atoms. The molecule has 0 atom stereocenters. The summed E-state index contributed by atoms with van der Waals surface area (Å²) in [7, 11) is 1.70. The van der Waals surface area contributed by atoms with Crippen LogP contribution in [0.5, 0.6) is 5.75 Å². The molecule has 0 spiro atoms. The van der Waals surface area contributed by atoms with Gasteiger partial charge in [0.25, 0.3) is 0 Å². The van der Waals surface area contributed by atoms with Crippen LogP contribution >= 0.6 is 0 Å². The van der Waals surface area contributed by atoms with E-state index >= 15 is 0 Å². The summed E-state index contributed by atoms with van der Waals surface area (Å²) in [5.41, 5.74) is 11.9. The molecular weight excluding hydrogens is 238 g/mol. The van der Waals surface area contributed by atoms with Crippen molar-refractivity contribution >= 4 is 0 Å². The third-order valence-corrected chi connectivity index (χ3v) is 3.45. The third kappa shape index (κ3) is 2.31. The molecule has 0 amide bonds. The molecule has 0 radical (unpaired) electrons. The van der Waals surface area contributed by atoms with Gasteiger partial charge in [0, 0.05) is 24.5 Å². The van der Waals surface area contributed by atoms with Gasteiger partial charge in [-0.1, -0.05) is 0 Å². The monoisotopic (exact) mass is 257 g/mol. The number of benzene rings is 1. The van der Waals surface area contributed by atoms with E-state index in [1.54, 1.807) is 19.5 Å². The van der Waals surface area contributed by atoms with E-state index in [0.717, 1.165) is 39.4 Å². The third-order valence-electron chi connectivity index (χ3n) is 3.45. The van der Waals surface area contributed by atoms with Crippen LogP contribution in [0.2, 0.25) is 0 Å². The number of aromatic nitrogens is 2. The molecule has 0 saturated carbocycles. The molecule has 100 valence electrons. The zero-order valence-electron chi connectivity index (χ0n) is 11.8. The lowest BCUT2D eigenvalue weighted by atomic mass is 9.95. The first-order valence-corrected chi connectivity index (χ1v) is 6.25. The van der Waals surface area contributed by atoms with Gasteiger partial charge in [0.15, 0.2) is 0 Å². The van der Waals surface area contributed by atoms with Crippen molar-refractivity contribution in [2.75, 3.05) is 7.11 Å². The van der Waals surface area contributed by atoms with Crippen molar-refractivity contribution in [3.05, 3.63) is 40.8 Å². The number of ether oxygens (including phenoxy) is 1. The van der Waals surface area contributed by atoms with Gasteiger partial charge in [-0.3, -0.25) is 9.97 Å². The molecule has 0 aliphatic carbocycles. The fourth-order valence-corrected chi connectivity index (χ4v) is 2.36. The molecule has 2 rings (SSSR count). The van der Waals surface area contributed by atoms with Gasteiger partial charge in [-0.25, -0.2) is 0 Å². The normalized spacial score (nSPS) is 10.6. The molecule has 1 heterocycles. The van der Waals surface area contributed by atoms with Crippen LogP contribution in [0.25, 0.3) is 11.3 Å². The summed E-state index contributed by atoms with van der Waals surface area (Å²) in [6.07, 6.45) is 3.37. The lowest BCUT2D eigenvalue weighted by Crippen LogP contribution is -2.05. The zero-order chi connectivity index (χ0) is 14.0. The molecule has 2 N–H and O–H groups in total. The molecular formula is C15H19N3O. The minimum atomic E-state index is 0.382. The van der Waals surface area contributed by atoms with Gasteiger partial charge in [-0.2, -0.15) is 0 Å². The molecule has 2 aromatic rings. The SMILES string of the molecule is COc1c(C)cc(-c2nccnc2CN)c(C)c1C. The number of aryl methyl sites for hydroxylation is 1. The van der Waals surface area contributed by atoms with Gasteiger partial charge in [0.1, 0.15) is 5.75 Å². The van der Waals surface area contributed by atoms with E-state index < -0.39 is 0 Å². The zero-order valence-corrected chi connectivity index (χ0v) is 11.8. The van der Waals surface area contributed by atoms with Gasteiger partial charge in [-0.05, 0) is 43.5 Å². The summed E-state index contributed by atoms with van der Waals surface area (Å²) >= 11 is 0.